The minimum atomic E-state index is -2.95. The van der Waals surface area contributed by atoms with Gasteiger partial charge in [0.05, 0.1) is 25.3 Å². The van der Waals surface area contributed by atoms with Crippen LogP contribution < -0.4 is 5.32 Å². The molecule has 1 fully saturated rings. The number of nitrogens with one attached hydrogen (secondary N) is 1. The van der Waals surface area contributed by atoms with E-state index in [-0.39, 0.29) is 55.5 Å². The number of amidine groups is 1. The number of esters is 1. The topological polar surface area (TPSA) is 113 Å². The lowest BCUT2D eigenvalue weighted by Crippen LogP contribution is -2.53. The number of aliphatic imine (C=N–C) groups is 1. The molecule has 40 heavy (non-hydrogen) atoms. The minimum Gasteiger partial charge on any atom is -0.463 e. The minimum absolute atomic E-state index is 0.0462. The Kier molecular flexibility index (Phi) is 11.6. The number of piperidine rings is 1. The van der Waals surface area contributed by atoms with Gasteiger partial charge in [0.25, 0.3) is 5.92 Å². The molecule has 0 saturated carbocycles. The van der Waals surface area contributed by atoms with Crippen molar-refractivity contribution < 1.29 is 37.3 Å². The number of aliphatic hydroxyl groups excluding tert-OH is 1. The van der Waals surface area contributed by atoms with E-state index in [4.69, 9.17) is 26.2 Å². The number of likely N-dealkylation sites (tertiary alicyclic amines) is 1. The number of aromatic nitrogens is 1. The summed E-state index contributed by atoms with van der Waals surface area (Å²) >= 11 is 7.67. The fourth-order valence-electron chi connectivity index (χ4n) is 4.46. The smallest absolute Gasteiger partial charge is 0.338 e. The third-order valence-corrected chi connectivity index (χ3v) is 7.27. The normalized spacial score (nSPS) is 20.6. The highest BCUT2D eigenvalue weighted by molar-refractivity contribution is 7.11. The summed E-state index contributed by atoms with van der Waals surface area (Å²) in [4.78, 5) is 34.5. The van der Waals surface area contributed by atoms with Gasteiger partial charge in [-0.15, -0.1) is 11.3 Å². The number of aldehydes is 1. The van der Waals surface area contributed by atoms with E-state index in [1.54, 1.807) is 18.5 Å². The van der Waals surface area contributed by atoms with Crippen molar-refractivity contribution >= 4 is 41.0 Å². The van der Waals surface area contributed by atoms with Gasteiger partial charge in [-0.2, -0.15) is 0 Å². The maximum Gasteiger partial charge on any atom is 0.338 e. The number of thiazole rings is 1. The van der Waals surface area contributed by atoms with Gasteiger partial charge >= 0.3 is 5.97 Å². The lowest BCUT2D eigenvalue weighted by Gasteiger charge is -2.40. The zero-order valence-corrected chi connectivity index (χ0v) is 23.5. The fraction of sp³-hybridized carbons (Fsp3) is 0.462. The Morgan fingerprint density at radius 2 is 2.15 bits per heavy atom. The van der Waals surface area contributed by atoms with Crippen molar-refractivity contribution in [3.8, 4) is 0 Å². The first-order chi connectivity index (χ1) is 19.2. The summed E-state index contributed by atoms with van der Waals surface area (Å²) in [5.74, 6) is -3.91. The second-order valence-electron chi connectivity index (χ2n) is 8.78. The summed E-state index contributed by atoms with van der Waals surface area (Å²) in [6.07, 6.45) is 1.99. The van der Waals surface area contributed by atoms with E-state index >= 15 is 0 Å². The number of carbonyl (C=O) groups is 2. The van der Waals surface area contributed by atoms with E-state index in [2.05, 4.69) is 15.3 Å². The fourth-order valence-corrected chi connectivity index (χ4v) is 5.32. The second-order valence-corrected chi connectivity index (χ2v) is 10.1. The highest BCUT2D eigenvalue weighted by Crippen LogP contribution is 2.38. The van der Waals surface area contributed by atoms with Crippen LogP contribution in [0.15, 0.2) is 46.0 Å². The highest BCUT2D eigenvalue weighted by Gasteiger charge is 2.42. The Bertz CT molecular complexity index is 1230. The summed E-state index contributed by atoms with van der Waals surface area (Å²) in [5.41, 5.74) is 0.702. The van der Waals surface area contributed by atoms with Crippen LogP contribution in [0.5, 0.6) is 0 Å². The van der Waals surface area contributed by atoms with E-state index < -0.39 is 36.3 Å². The molecule has 1 aromatic carbocycles. The van der Waals surface area contributed by atoms with Crippen molar-refractivity contribution in [2.24, 2.45) is 4.99 Å². The summed E-state index contributed by atoms with van der Waals surface area (Å²) in [6.45, 7) is 0.948. The van der Waals surface area contributed by atoms with E-state index in [0.29, 0.717) is 22.7 Å². The largest absolute Gasteiger partial charge is 0.463 e. The van der Waals surface area contributed by atoms with Crippen molar-refractivity contribution in [3.63, 3.8) is 0 Å². The zero-order chi connectivity index (χ0) is 29.3. The molecule has 218 valence electrons. The Hall–Kier alpha value is -2.84. The number of alkyl halides is 2. The molecule has 2 atom stereocenters. The average Bonchev–Trinajstić information content (AvgIpc) is 3.46. The molecule has 0 amide bonds. The van der Waals surface area contributed by atoms with Gasteiger partial charge in [0.2, 0.25) is 0 Å². The molecule has 0 bridgehead atoms. The first kappa shape index (κ1) is 31.7. The van der Waals surface area contributed by atoms with Crippen molar-refractivity contribution in [2.75, 3.05) is 40.0 Å². The molecule has 0 radical (unpaired) electrons. The number of aliphatic hydroxyl groups is 1. The molecule has 0 aliphatic carbocycles. The van der Waals surface area contributed by atoms with Gasteiger partial charge in [-0.3, -0.25) is 9.89 Å². The molecule has 2 aromatic rings. The van der Waals surface area contributed by atoms with E-state index in [1.807, 2.05) is 0 Å². The molecule has 1 aromatic heterocycles. The first-order valence-corrected chi connectivity index (χ1v) is 13.7. The quantitative estimate of drug-likeness (QED) is 0.240. The zero-order valence-electron chi connectivity index (χ0n) is 21.9. The molecule has 1 unspecified atom stereocenters. The molecule has 2 aliphatic heterocycles. The number of ether oxygens (including phenoxy) is 2. The standard InChI is InChI=1S/C25H26ClF3N4O4S.CH4O/c1-2-37-24(35)20-19(12-33-14-25(28,29)6-5-16(33)13-36-9-8-34)31-22(23-30-7-10-38-23)32-21(20)17-4-3-15(27)11-18(17)26;1-2/h3-4,7-8,10-11,16,21H,2,5-6,9,12-14H2,1H3,(H,31,32);2H,1H3/t16?,21-;/m0./s1. The maximum absolute atomic E-state index is 14.5. The summed E-state index contributed by atoms with van der Waals surface area (Å²) in [5, 5.41) is 12.4. The predicted octanol–water partition coefficient (Wildman–Crippen LogP) is 3.77. The SMILES string of the molecule is CCOC(=O)C1=C(CN2CC(F)(F)CCC2COCC=O)NC(c2nccs2)=N[C@H]1c1ccc(F)cc1Cl.CO. The van der Waals surface area contributed by atoms with E-state index in [0.717, 1.165) is 13.2 Å². The lowest BCUT2D eigenvalue weighted by atomic mass is 9.94. The number of halogens is 4. The van der Waals surface area contributed by atoms with Crippen molar-refractivity contribution in [1.82, 2.24) is 15.2 Å². The number of nitrogens with zero attached hydrogens (tertiary/aromatic N) is 3. The van der Waals surface area contributed by atoms with Gasteiger partial charge < -0.3 is 24.7 Å². The van der Waals surface area contributed by atoms with Crippen LogP contribution in [0.3, 0.4) is 0 Å². The highest BCUT2D eigenvalue weighted by atomic mass is 35.5. The Balaban J connectivity index is 0.00000216. The van der Waals surface area contributed by atoms with Gasteiger partial charge in [0.1, 0.15) is 24.8 Å². The monoisotopic (exact) mass is 602 g/mol. The number of carbonyl (C=O) groups excluding carboxylic acids is 2. The molecule has 4 rings (SSSR count). The molecule has 2 aliphatic rings. The number of hydrogen-bond donors (Lipinski definition) is 2. The molecule has 3 heterocycles. The van der Waals surface area contributed by atoms with Crippen LogP contribution in [-0.2, 0) is 19.1 Å². The lowest BCUT2D eigenvalue weighted by molar-refractivity contribution is -0.139. The summed E-state index contributed by atoms with van der Waals surface area (Å²) in [7, 11) is 1.00. The number of hydrogen-bond acceptors (Lipinski definition) is 10. The molecular weight excluding hydrogens is 573 g/mol. The van der Waals surface area contributed by atoms with Crippen LogP contribution in [0, 0.1) is 5.82 Å². The van der Waals surface area contributed by atoms with Crippen molar-refractivity contribution in [1.29, 1.82) is 0 Å². The maximum atomic E-state index is 14.5. The van der Waals surface area contributed by atoms with Gasteiger partial charge in [-0.05, 0) is 25.5 Å². The Labute approximate surface area is 238 Å². The van der Waals surface area contributed by atoms with Gasteiger partial charge in [0.15, 0.2) is 10.8 Å². The van der Waals surface area contributed by atoms with Crippen LogP contribution in [0.4, 0.5) is 13.2 Å². The van der Waals surface area contributed by atoms with Crippen molar-refractivity contribution in [3.05, 3.63) is 62.5 Å². The Morgan fingerprint density at radius 3 is 2.80 bits per heavy atom. The molecule has 1 saturated heterocycles. The van der Waals surface area contributed by atoms with Crippen LogP contribution in [0.25, 0.3) is 0 Å². The number of benzene rings is 1. The molecular formula is C26H30ClF3N4O5S. The molecule has 9 nitrogen and oxygen atoms in total. The second kappa shape index (κ2) is 14.7. The van der Waals surface area contributed by atoms with E-state index in [1.165, 1.54) is 28.4 Å². The average molecular weight is 603 g/mol. The molecule has 14 heteroatoms. The van der Waals surface area contributed by atoms with Gasteiger partial charge in [-0.25, -0.2) is 22.9 Å². The van der Waals surface area contributed by atoms with Crippen LogP contribution in [0.2, 0.25) is 5.02 Å². The first-order valence-electron chi connectivity index (χ1n) is 12.4. The predicted molar refractivity (Wildman–Crippen MR) is 144 cm³/mol. The van der Waals surface area contributed by atoms with Crippen LogP contribution >= 0.6 is 22.9 Å². The third kappa shape index (κ3) is 7.88. The molecule has 0 spiro atoms. The number of rotatable bonds is 10. The summed E-state index contributed by atoms with van der Waals surface area (Å²) in [6, 6.07) is 2.31. The van der Waals surface area contributed by atoms with Crippen LogP contribution in [-0.4, -0.2) is 85.1 Å². The third-order valence-electron chi connectivity index (χ3n) is 6.16. The van der Waals surface area contributed by atoms with Crippen molar-refractivity contribution in [2.45, 2.75) is 37.8 Å². The van der Waals surface area contributed by atoms with E-state index in [9.17, 15) is 22.8 Å². The molecule has 2 N–H and O–H groups in total. The summed E-state index contributed by atoms with van der Waals surface area (Å²) < 4.78 is 53.6. The Morgan fingerprint density at radius 1 is 1.38 bits per heavy atom. The van der Waals surface area contributed by atoms with Crippen LogP contribution in [0.1, 0.15) is 36.4 Å². The van der Waals surface area contributed by atoms with Gasteiger partial charge in [-0.1, -0.05) is 17.7 Å². The van der Waals surface area contributed by atoms with Gasteiger partial charge in [0, 0.05) is 54.0 Å².